The second-order valence-corrected chi connectivity index (χ2v) is 7.88. The monoisotopic (exact) mass is 411 g/mol. The predicted molar refractivity (Wildman–Crippen MR) is 99.6 cm³/mol. The molecule has 0 aliphatic carbocycles. The Balaban J connectivity index is 1.92. The van der Waals surface area contributed by atoms with Crippen LogP contribution in [0, 0.1) is 5.82 Å². The first-order valence-corrected chi connectivity index (χ1v) is 9.82. The summed E-state index contributed by atoms with van der Waals surface area (Å²) in [4.78, 5) is 23.5. The number of esters is 1. The number of benzene rings is 2. The molecule has 0 aliphatic heterocycles. The number of sulfone groups is 1. The molecule has 1 N–H and O–H groups in total. The molecule has 0 aromatic heterocycles. The molecular weight excluding hydrogens is 397 g/mol. The minimum atomic E-state index is -3.47. The van der Waals surface area contributed by atoms with Crippen molar-refractivity contribution in [3.63, 3.8) is 0 Å². The van der Waals surface area contributed by atoms with E-state index < -0.39 is 34.1 Å². The van der Waals surface area contributed by atoms with Gasteiger partial charge in [-0.3, -0.25) is 4.79 Å². The van der Waals surface area contributed by atoms with E-state index in [-0.39, 0.29) is 15.6 Å². The second kappa shape index (κ2) is 8.79. The van der Waals surface area contributed by atoms with Crippen LogP contribution in [0.5, 0.6) is 0 Å². The lowest BCUT2D eigenvalue weighted by Crippen LogP contribution is -2.20. The normalized spacial score (nSPS) is 11.4. The zero-order chi connectivity index (χ0) is 20.0. The van der Waals surface area contributed by atoms with Crippen LogP contribution >= 0.6 is 11.6 Å². The number of hydrogen-bond donors (Lipinski definition) is 1. The molecule has 2 rings (SSSR count). The van der Waals surface area contributed by atoms with Crippen molar-refractivity contribution >= 4 is 45.1 Å². The van der Waals surface area contributed by atoms with Gasteiger partial charge < -0.3 is 10.1 Å². The Hall–Kier alpha value is -2.71. The Morgan fingerprint density at radius 3 is 2.48 bits per heavy atom. The molecule has 0 heterocycles. The summed E-state index contributed by atoms with van der Waals surface area (Å²) in [5.41, 5.74) is 0.671. The van der Waals surface area contributed by atoms with E-state index in [4.69, 9.17) is 16.3 Å². The lowest BCUT2D eigenvalue weighted by Gasteiger charge is -2.09. The third kappa shape index (κ3) is 6.50. The fourth-order valence-electron chi connectivity index (χ4n) is 1.94. The van der Waals surface area contributed by atoms with Gasteiger partial charge in [0.15, 0.2) is 16.4 Å². The van der Waals surface area contributed by atoms with Crippen molar-refractivity contribution in [1.82, 2.24) is 0 Å². The molecule has 0 unspecified atom stereocenters. The summed E-state index contributed by atoms with van der Waals surface area (Å²) in [7, 11) is -3.47. The van der Waals surface area contributed by atoms with E-state index in [0.717, 1.165) is 12.3 Å². The van der Waals surface area contributed by atoms with Crippen LogP contribution in [0.3, 0.4) is 0 Å². The quantitative estimate of drug-likeness (QED) is 0.582. The SMILES string of the molecule is CS(=O)(=O)c1ccc(Cl)c(NC(=O)COC(=O)/C=C/c2ccc(F)cc2)c1. The summed E-state index contributed by atoms with van der Waals surface area (Å²) < 4.78 is 40.7. The van der Waals surface area contributed by atoms with Crippen molar-refractivity contribution in [3.8, 4) is 0 Å². The van der Waals surface area contributed by atoms with Crippen LogP contribution < -0.4 is 5.32 Å². The van der Waals surface area contributed by atoms with Crippen molar-refractivity contribution in [2.75, 3.05) is 18.2 Å². The zero-order valence-electron chi connectivity index (χ0n) is 14.1. The van der Waals surface area contributed by atoms with Gasteiger partial charge in [0.25, 0.3) is 5.91 Å². The molecule has 6 nitrogen and oxygen atoms in total. The zero-order valence-corrected chi connectivity index (χ0v) is 15.7. The molecule has 2 aromatic carbocycles. The highest BCUT2D eigenvalue weighted by Gasteiger charge is 2.13. The molecule has 0 saturated carbocycles. The highest BCUT2D eigenvalue weighted by Crippen LogP contribution is 2.25. The Bertz CT molecular complexity index is 987. The van der Waals surface area contributed by atoms with Crippen LogP contribution in [-0.2, 0) is 24.2 Å². The van der Waals surface area contributed by atoms with E-state index in [1.54, 1.807) is 0 Å². The third-order valence-electron chi connectivity index (χ3n) is 3.27. The van der Waals surface area contributed by atoms with Crippen molar-refractivity contribution in [2.45, 2.75) is 4.90 Å². The standard InChI is InChI=1S/C18H15ClFNO5S/c1-27(24,25)14-7-8-15(19)16(10-14)21-17(22)11-26-18(23)9-4-12-2-5-13(20)6-3-12/h2-10H,11H2,1H3,(H,21,22)/b9-4+. The van der Waals surface area contributed by atoms with Gasteiger partial charge >= 0.3 is 5.97 Å². The van der Waals surface area contributed by atoms with Crippen LogP contribution in [0.2, 0.25) is 5.02 Å². The van der Waals surface area contributed by atoms with Gasteiger partial charge in [-0.05, 0) is 42.0 Å². The van der Waals surface area contributed by atoms with Crippen molar-refractivity contribution in [3.05, 3.63) is 64.9 Å². The first kappa shape index (κ1) is 20.6. The fraction of sp³-hybridized carbons (Fsp3) is 0.111. The first-order valence-electron chi connectivity index (χ1n) is 7.55. The third-order valence-corrected chi connectivity index (χ3v) is 4.71. The van der Waals surface area contributed by atoms with Crippen LogP contribution in [0.25, 0.3) is 6.08 Å². The van der Waals surface area contributed by atoms with Crippen LogP contribution in [0.1, 0.15) is 5.56 Å². The number of nitrogens with one attached hydrogen (secondary N) is 1. The van der Waals surface area contributed by atoms with Crippen LogP contribution in [0.4, 0.5) is 10.1 Å². The lowest BCUT2D eigenvalue weighted by molar-refractivity contribution is -0.142. The minimum Gasteiger partial charge on any atom is -0.452 e. The molecule has 0 fully saturated rings. The van der Waals surface area contributed by atoms with Gasteiger partial charge in [-0.25, -0.2) is 17.6 Å². The highest BCUT2D eigenvalue weighted by molar-refractivity contribution is 7.90. The molecule has 27 heavy (non-hydrogen) atoms. The van der Waals surface area contributed by atoms with E-state index in [0.29, 0.717) is 5.56 Å². The Morgan fingerprint density at radius 1 is 1.19 bits per heavy atom. The first-order chi connectivity index (χ1) is 12.6. The Morgan fingerprint density at radius 2 is 1.85 bits per heavy atom. The largest absolute Gasteiger partial charge is 0.452 e. The number of carbonyl (C=O) groups is 2. The summed E-state index contributed by atoms with van der Waals surface area (Å²) in [6.07, 6.45) is 3.53. The number of amides is 1. The lowest BCUT2D eigenvalue weighted by atomic mass is 10.2. The van der Waals surface area contributed by atoms with Gasteiger partial charge in [-0.1, -0.05) is 23.7 Å². The van der Waals surface area contributed by atoms with Gasteiger partial charge in [0.2, 0.25) is 0 Å². The summed E-state index contributed by atoms with van der Waals surface area (Å²) in [6.45, 7) is -0.591. The van der Waals surface area contributed by atoms with Crippen molar-refractivity contribution in [2.24, 2.45) is 0 Å². The number of rotatable bonds is 6. The van der Waals surface area contributed by atoms with Gasteiger partial charge in [0, 0.05) is 12.3 Å². The molecule has 9 heteroatoms. The highest BCUT2D eigenvalue weighted by atomic mass is 35.5. The molecule has 0 aliphatic rings. The molecule has 0 spiro atoms. The molecule has 142 valence electrons. The molecule has 0 saturated heterocycles. The van der Waals surface area contributed by atoms with E-state index in [1.165, 1.54) is 48.5 Å². The molecular formula is C18H15ClFNO5S. The van der Waals surface area contributed by atoms with E-state index >= 15 is 0 Å². The van der Waals surface area contributed by atoms with Gasteiger partial charge in [-0.2, -0.15) is 0 Å². The maximum Gasteiger partial charge on any atom is 0.331 e. The maximum absolute atomic E-state index is 12.8. The molecule has 1 amide bonds. The Kier molecular flexibility index (Phi) is 6.70. The van der Waals surface area contributed by atoms with E-state index in [1.807, 2.05) is 0 Å². The summed E-state index contributed by atoms with van der Waals surface area (Å²) in [6, 6.07) is 9.30. The smallest absolute Gasteiger partial charge is 0.331 e. The molecule has 0 bridgehead atoms. The number of anilines is 1. The molecule has 0 radical (unpaired) electrons. The number of halogens is 2. The van der Waals surface area contributed by atoms with Crippen molar-refractivity contribution < 1.29 is 27.1 Å². The van der Waals surface area contributed by atoms with Gasteiger partial charge in [0.05, 0.1) is 15.6 Å². The topological polar surface area (TPSA) is 89.5 Å². The van der Waals surface area contributed by atoms with E-state index in [2.05, 4.69) is 5.32 Å². The van der Waals surface area contributed by atoms with Crippen LogP contribution in [0.15, 0.2) is 53.4 Å². The van der Waals surface area contributed by atoms with E-state index in [9.17, 15) is 22.4 Å². The maximum atomic E-state index is 12.8. The number of ether oxygens (including phenoxy) is 1. The average molecular weight is 412 g/mol. The van der Waals surface area contributed by atoms with Gasteiger partial charge in [0.1, 0.15) is 5.82 Å². The molecule has 2 aromatic rings. The summed E-state index contributed by atoms with van der Waals surface area (Å²) >= 11 is 5.93. The van der Waals surface area contributed by atoms with Crippen LogP contribution in [-0.4, -0.2) is 33.2 Å². The summed E-state index contributed by atoms with van der Waals surface area (Å²) in [5.74, 6) is -1.86. The number of hydrogen-bond acceptors (Lipinski definition) is 5. The average Bonchev–Trinajstić information content (AvgIpc) is 2.60. The van der Waals surface area contributed by atoms with Crippen molar-refractivity contribution in [1.29, 1.82) is 0 Å². The number of carbonyl (C=O) groups excluding carboxylic acids is 2. The Labute approximate surface area is 160 Å². The second-order valence-electron chi connectivity index (χ2n) is 5.45. The predicted octanol–water partition coefficient (Wildman–Crippen LogP) is 3.08. The fourth-order valence-corrected chi connectivity index (χ4v) is 2.75. The summed E-state index contributed by atoms with van der Waals surface area (Å²) in [5, 5.41) is 2.52. The molecule has 0 atom stereocenters. The van der Waals surface area contributed by atoms with Gasteiger partial charge in [-0.15, -0.1) is 0 Å². The minimum absolute atomic E-state index is 0.0126.